The van der Waals surface area contributed by atoms with Crippen LogP contribution in [0.5, 0.6) is 0 Å². The second kappa shape index (κ2) is 7.56. The molecule has 2 aliphatic heterocycles. The molecule has 2 aromatic rings. The summed E-state index contributed by atoms with van der Waals surface area (Å²) in [6.07, 6.45) is 10.9. The topological polar surface area (TPSA) is 40.6 Å². The summed E-state index contributed by atoms with van der Waals surface area (Å²) in [6.45, 7) is 3.46. The minimum Gasteiger partial charge on any atom is -0.302 e. The number of benzene rings is 2. The number of amides is 2. The summed E-state index contributed by atoms with van der Waals surface area (Å²) in [7, 11) is 0. The fraction of sp³-hybridized carbons (Fsp3) is 0.520. The molecule has 1 spiro atoms. The maximum Gasteiger partial charge on any atom is 0.261 e. The average Bonchev–Trinajstić information content (AvgIpc) is 2.99. The molecule has 4 heteroatoms. The van der Waals surface area contributed by atoms with Gasteiger partial charge < -0.3 is 4.90 Å². The van der Waals surface area contributed by atoms with Gasteiger partial charge in [-0.2, -0.15) is 0 Å². The predicted octanol–water partition coefficient (Wildman–Crippen LogP) is 4.87. The largest absolute Gasteiger partial charge is 0.302 e. The molecule has 4 nitrogen and oxygen atoms in total. The van der Waals surface area contributed by atoms with Crippen LogP contribution in [0, 0.1) is 5.41 Å². The van der Waals surface area contributed by atoms with Gasteiger partial charge in [-0.15, -0.1) is 0 Å². The molecule has 0 aromatic heterocycles. The van der Waals surface area contributed by atoms with Crippen molar-refractivity contribution in [3.63, 3.8) is 0 Å². The lowest BCUT2D eigenvalue weighted by atomic mass is 9.73. The van der Waals surface area contributed by atoms with Crippen LogP contribution in [-0.2, 0) is 0 Å². The van der Waals surface area contributed by atoms with Crippen molar-refractivity contribution in [3.8, 4) is 0 Å². The summed E-state index contributed by atoms with van der Waals surface area (Å²) in [6, 6.07) is 11.5. The molecule has 152 valence electrons. The van der Waals surface area contributed by atoms with E-state index in [-0.39, 0.29) is 11.8 Å². The van der Waals surface area contributed by atoms with Gasteiger partial charge in [-0.05, 0) is 61.7 Å². The monoisotopic (exact) mass is 390 g/mol. The van der Waals surface area contributed by atoms with Crippen molar-refractivity contribution in [2.24, 2.45) is 5.41 Å². The third kappa shape index (κ3) is 3.38. The Kier molecular flexibility index (Phi) is 4.91. The standard InChI is InChI=1S/C25H30N2O2/c28-23-20-9-5-7-19-8-6-10-21(22(19)20)24(29)27(23)18-17-26-15-13-25(14-16-26)11-3-1-2-4-12-25/h5-10H,1-4,11-18H2. The Morgan fingerprint density at radius 1 is 0.724 bits per heavy atom. The van der Waals surface area contributed by atoms with Gasteiger partial charge in [0.25, 0.3) is 11.8 Å². The van der Waals surface area contributed by atoms with Crippen molar-refractivity contribution in [1.29, 1.82) is 0 Å². The van der Waals surface area contributed by atoms with E-state index < -0.39 is 0 Å². The molecule has 2 amide bonds. The lowest BCUT2D eigenvalue weighted by Gasteiger charge is -2.42. The number of carbonyl (C=O) groups is 2. The third-order valence-electron chi connectivity index (χ3n) is 7.58. The highest BCUT2D eigenvalue weighted by Crippen LogP contribution is 2.43. The Hall–Kier alpha value is -2.20. The van der Waals surface area contributed by atoms with Gasteiger partial charge in [0.1, 0.15) is 0 Å². The van der Waals surface area contributed by atoms with Gasteiger partial charge >= 0.3 is 0 Å². The van der Waals surface area contributed by atoms with E-state index in [4.69, 9.17) is 0 Å². The molecule has 1 saturated heterocycles. The van der Waals surface area contributed by atoms with Crippen molar-refractivity contribution in [1.82, 2.24) is 9.80 Å². The SMILES string of the molecule is O=C1c2cccc3cccc(c23)C(=O)N1CCN1CCC2(CCCCCC2)CC1. The molecule has 3 aliphatic rings. The molecular formula is C25H30N2O2. The molecule has 0 radical (unpaired) electrons. The number of likely N-dealkylation sites (tertiary alicyclic amines) is 1. The van der Waals surface area contributed by atoms with Gasteiger partial charge in [-0.25, -0.2) is 0 Å². The molecule has 0 unspecified atom stereocenters. The number of hydrogen-bond acceptors (Lipinski definition) is 3. The number of nitrogens with zero attached hydrogens (tertiary/aromatic N) is 2. The average molecular weight is 391 g/mol. The highest BCUT2D eigenvalue weighted by molar-refractivity contribution is 6.25. The zero-order valence-corrected chi connectivity index (χ0v) is 17.2. The van der Waals surface area contributed by atoms with Crippen LogP contribution < -0.4 is 0 Å². The third-order valence-corrected chi connectivity index (χ3v) is 7.58. The minimum absolute atomic E-state index is 0.142. The predicted molar refractivity (Wildman–Crippen MR) is 115 cm³/mol. The molecule has 0 atom stereocenters. The van der Waals surface area contributed by atoms with Crippen LogP contribution in [0.2, 0.25) is 0 Å². The molecule has 2 fully saturated rings. The van der Waals surface area contributed by atoms with E-state index in [9.17, 15) is 9.59 Å². The van der Waals surface area contributed by atoms with Crippen molar-refractivity contribution < 1.29 is 9.59 Å². The van der Waals surface area contributed by atoms with E-state index >= 15 is 0 Å². The second-order valence-corrected chi connectivity index (χ2v) is 9.23. The Labute approximate surface area is 172 Å². The Morgan fingerprint density at radius 3 is 1.90 bits per heavy atom. The molecule has 2 aromatic carbocycles. The van der Waals surface area contributed by atoms with Gasteiger partial charge in [0.2, 0.25) is 0 Å². The maximum atomic E-state index is 13.1. The van der Waals surface area contributed by atoms with Crippen molar-refractivity contribution >= 4 is 22.6 Å². The first kappa shape index (κ1) is 18.8. The van der Waals surface area contributed by atoms with Gasteiger partial charge in [0.15, 0.2) is 0 Å². The quantitative estimate of drug-likeness (QED) is 0.702. The van der Waals surface area contributed by atoms with Gasteiger partial charge in [0, 0.05) is 29.6 Å². The van der Waals surface area contributed by atoms with E-state index in [2.05, 4.69) is 4.90 Å². The summed E-state index contributed by atoms with van der Waals surface area (Å²) in [4.78, 5) is 30.0. The highest BCUT2D eigenvalue weighted by Gasteiger charge is 2.36. The van der Waals surface area contributed by atoms with Crippen molar-refractivity contribution in [2.75, 3.05) is 26.2 Å². The van der Waals surface area contributed by atoms with Gasteiger partial charge in [-0.3, -0.25) is 14.5 Å². The Morgan fingerprint density at radius 2 is 1.31 bits per heavy atom. The van der Waals surface area contributed by atoms with E-state index in [1.807, 2.05) is 36.4 Å². The van der Waals surface area contributed by atoms with E-state index in [1.165, 1.54) is 56.3 Å². The van der Waals surface area contributed by atoms with Crippen LogP contribution in [-0.4, -0.2) is 47.8 Å². The van der Waals surface area contributed by atoms with E-state index in [1.54, 1.807) is 0 Å². The van der Waals surface area contributed by atoms with Gasteiger partial charge in [-0.1, -0.05) is 49.9 Å². The zero-order valence-electron chi connectivity index (χ0n) is 17.2. The number of imide groups is 1. The van der Waals surface area contributed by atoms with Crippen LogP contribution in [0.15, 0.2) is 36.4 Å². The summed E-state index contributed by atoms with van der Waals surface area (Å²) in [5, 5.41) is 1.78. The number of piperidine rings is 1. The smallest absolute Gasteiger partial charge is 0.261 e. The first-order chi connectivity index (χ1) is 14.2. The van der Waals surface area contributed by atoms with Crippen LogP contribution in [0.4, 0.5) is 0 Å². The Balaban J connectivity index is 1.26. The second-order valence-electron chi connectivity index (χ2n) is 9.23. The molecule has 0 bridgehead atoms. The van der Waals surface area contributed by atoms with Crippen LogP contribution in [0.25, 0.3) is 10.8 Å². The molecule has 2 heterocycles. The summed E-state index contributed by atoms with van der Waals surface area (Å²) in [5.74, 6) is -0.284. The number of hydrogen-bond donors (Lipinski definition) is 0. The molecular weight excluding hydrogens is 360 g/mol. The first-order valence-electron chi connectivity index (χ1n) is 11.3. The fourth-order valence-corrected chi connectivity index (χ4v) is 5.75. The van der Waals surface area contributed by atoms with Crippen LogP contribution >= 0.6 is 0 Å². The molecule has 29 heavy (non-hydrogen) atoms. The lowest BCUT2D eigenvalue weighted by molar-refractivity contribution is 0.0539. The van der Waals surface area contributed by atoms with E-state index in [0.717, 1.165) is 30.4 Å². The molecule has 5 rings (SSSR count). The number of rotatable bonds is 3. The van der Waals surface area contributed by atoms with Crippen molar-refractivity contribution in [3.05, 3.63) is 47.5 Å². The normalized spacial score (nSPS) is 22.3. The minimum atomic E-state index is -0.142. The highest BCUT2D eigenvalue weighted by atomic mass is 16.2. The zero-order chi connectivity index (χ0) is 19.8. The summed E-state index contributed by atoms with van der Waals surface area (Å²) in [5.41, 5.74) is 1.89. The van der Waals surface area contributed by atoms with Crippen molar-refractivity contribution in [2.45, 2.75) is 51.4 Å². The van der Waals surface area contributed by atoms with Gasteiger partial charge in [0.05, 0.1) is 0 Å². The summed E-state index contributed by atoms with van der Waals surface area (Å²) < 4.78 is 0. The molecule has 1 aliphatic carbocycles. The van der Waals surface area contributed by atoms with Crippen LogP contribution in [0.1, 0.15) is 72.1 Å². The number of carbonyl (C=O) groups excluding carboxylic acids is 2. The fourth-order valence-electron chi connectivity index (χ4n) is 5.75. The Bertz CT molecular complexity index is 882. The van der Waals surface area contributed by atoms with E-state index in [0.29, 0.717) is 23.1 Å². The first-order valence-corrected chi connectivity index (χ1v) is 11.3. The maximum absolute atomic E-state index is 13.1. The van der Waals surface area contributed by atoms with Crippen LogP contribution in [0.3, 0.4) is 0 Å². The summed E-state index contributed by atoms with van der Waals surface area (Å²) >= 11 is 0. The molecule has 0 N–H and O–H groups in total. The molecule has 1 saturated carbocycles. The lowest BCUT2D eigenvalue weighted by Crippen LogP contribution is -2.47.